The highest BCUT2D eigenvalue weighted by Crippen LogP contribution is 2.11. The fraction of sp³-hybridized carbons (Fsp3) is 0.714. The van der Waals surface area contributed by atoms with Gasteiger partial charge in [-0.2, -0.15) is 0 Å². The van der Waals surface area contributed by atoms with E-state index in [0.717, 1.165) is 25.9 Å². The van der Waals surface area contributed by atoms with Gasteiger partial charge in [-0.1, -0.05) is 0 Å². The van der Waals surface area contributed by atoms with Gasteiger partial charge in [0.15, 0.2) is 6.17 Å². The summed E-state index contributed by atoms with van der Waals surface area (Å²) in [4.78, 5) is 23.9. The maximum atomic E-state index is 11.1. The molecule has 0 radical (unpaired) electrons. The maximum Gasteiger partial charge on any atom is 0.323 e. The molecule has 0 aromatic carbocycles. The number of hydrogen-bond donors (Lipinski definition) is 2. The molecule has 5 heteroatoms. The molecular formula is C7H11N3O2. The lowest BCUT2D eigenvalue weighted by molar-refractivity contribution is -0.123. The van der Waals surface area contributed by atoms with Crippen molar-refractivity contribution in [1.82, 2.24) is 15.5 Å². The molecule has 2 N–H and O–H groups in total. The first-order valence-corrected chi connectivity index (χ1v) is 4.13. The van der Waals surface area contributed by atoms with Gasteiger partial charge in [-0.25, -0.2) is 4.79 Å². The average Bonchev–Trinajstić information content (AvgIpc) is 2.58. The molecule has 2 rings (SSSR count). The Labute approximate surface area is 70.1 Å². The van der Waals surface area contributed by atoms with E-state index in [0.29, 0.717) is 0 Å². The van der Waals surface area contributed by atoms with Crippen LogP contribution in [0.25, 0.3) is 0 Å². The van der Waals surface area contributed by atoms with Crippen LogP contribution in [0.4, 0.5) is 4.79 Å². The van der Waals surface area contributed by atoms with Crippen LogP contribution in [0, 0.1) is 0 Å². The molecule has 3 amide bonds. The van der Waals surface area contributed by atoms with E-state index >= 15 is 0 Å². The molecule has 2 saturated heterocycles. The number of hydrogen-bond acceptors (Lipinski definition) is 3. The number of carbonyl (C=O) groups is 2. The minimum Gasteiger partial charge on any atom is -0.314 e. The summed E-state index contributed by atoms with van der Waals surface area (Å²) in [5.74, 6) is -0.220. The topological polar surface area (TPSA) is 61.4 Å². The SMILES string of the molecule is O=C1NC(=O)C(N2CCCC2)N1. The molecule has 0 aromatic heterocycles. The fourth-order valence-electron chi connectivity index (χ4n) is 1.66. The molecule has 0 saturated carbocycles. The van der Waals surface area contributed by atoms with Crippen molar-refractivity contribution in [2.45, 2.75) is 19.0 Å². The first-order chi connectivity index (χ1) is 5.77. The highest BCUT2D eigenvalue weighted by atomic mass is 16.2. The van der Waals surface area contributed by atoms with E-state index in [1.54, 1.807) is 0 Å². The first kappa shape index (κ1) is 7.54. The van der Waals surface area contributed by atoms with Crippen molar-refractivity contribution in [2.75, 3.05) is 13.1 Å². The predicted molar refractivity (Wildman–Crippen MR) is 41.3 cm³/mol. The Balaban J connectivity index is 2.03. The van der Waals surface area contributed by atoms with Gasteiger partial charge >= 0.3 is 6.03 Å². The molecule has 0 aromatic rings. The van der Waals surface area contributed by atoms with E-state index in [9.17, 15) is 9.59 Å². The summed E-state index contributed by atoms with van der Waals surface area (Å²) in [6.07, 6.45) is 1.80. The Morgan fingerprint density at radius 2 is 1.92 bits per heavy atom. The van der Waals surface area contributed by atoms with E-state index < -0.39 is 6.17 Å². The summed E-state index contributed by atoms with van der Waals surface area (Å²) in [6.45, 7) is 1.80. The van der Waals surface area contributed by atoms with E-state index in [1.807, 2.05) is 4.90 Å². The van der Waals surface area contributed by atoms with Crippen molar-refractivity contribution in [2.24, 2.45) is 0 Å². The predicted octanol–water partition coefficient (Wildman–Crippen LogP) is -0.752. The second kappa shape index (κ2) is 2.75. The van der Waals surface area contributed by atoms with Gasteiger partial charge < -0.3 is 5.32 Å². The summed E-state index contributed by atoms with van der Waals surface area (Å²) in [7, 11) is 0. The molecule has 12 heavy (non-hydrogen) atoms. The smallest absolute Gasteiger partial charge is 0.314 e. The Hall–Kier alpha value is -1.10. The van der Waals surface area contributed by atoms with E-state index in [1.165, 1.54) is 0 Å². The number of nitrogens with one attached hydrogen (secondary N) is 2. The summed E-state index contributed by atoms with van der Waals surface area (Å²) in [5, 5.41) is 4.78. The molecular weight excluding hydrogens is 158 g/mol. The maximum absolute atomic E-state index is 11.1. The normalized spacial score (nSPS) is 30.5. The average molecular weight is 169 g/mol. The van der Waals surface area contributed by atoms with Crippen molar-refractivity contribution in [3.8, 4) is 0 Å². The third kappa shape index (κ3) is 1.16. The van der Waals surface area contributed by atoms with Crippen LogP contribution in [0.1, 0.15) is 12.8 Å². The minimum atomic E-state index is -0.417. The van der Waals surface area contributed by atoms with Gasteiger partial charge in [0.2, 0.25) is 0 Å². The summed E-state index contributed by atoms with van der Waals surface area (Å²) in [6, 6.07) is -0.378. The highest BCUT2D eigenvalue weighted by Gasteiger charge is 2.35. The van der Waals surface area contributed by atoms with E-state index in [-0.39, 0.29) is 11.9 Å². The van der Waals surface area contributed by atoms with Crippen molar-refractivity contribution in [3.05, 3.63) is 0 Å². The number of carbonyl (C=O) groups excluding carboxylic acids is 2. The zero-order valence-electron chi connectivity index (χ0n) is 6.67. The molecule has 2 aliphatic rings. The van der Waals surface area contributed by atoms with Crippen LogP contribution in [0.15, 0.2) is 0 Å². The zero-order valence-corrected chi connectivity index (χ0v) is 6.67. The van der Waals surface area contributed by atoms with Gasteiger partial charge in [0, 0.05) is 13.1 Å². The molecule has 5 nitrogen and oxygen atoms in total. The molecule has 1 unspecified atom stereocenters. The number of likely N-dealkylation sites (tertiary alicyclic amines) is 1. The minimum absolute atomic E-state index is 0.220. The van der Waals surface area contributed by atoms with Gasteiger partial charge in [0.1, 0.15) is 0 Å². The lowest BCUT2D eigenvalue weighted by Crippen LogP contribution is -2.45. The second-order valence-corrected chi connectivity index (χ2v) is 3.11. The Bertz CT molecular complexity index is 223. The van der Waals surface area contributed by atoms with Crippen LogP contribution in [-0.4, -0.2) is 36.1 Å². The lowest BCUT2D eigenvalue weighted by Gasteiger charge is -2.19. The third-order valence-corrected chi connectivity index (χ3v) is 2.26. The number of rotatable bonds is 1. The van der Waals surface area contributed by atoms with Crippen LogP contribution in [-0.2, 0) is 4.79 Å². The highest BCUT2D eigenvalue weighted by molar-refractivity contribution is 6.03. The Morgan fingerprint density at radius 3 is 2.42 bits per heavy atom. The molecule has 0 bridgehead atoms. The largest absolute Gasteiger partial charge is 0.323 e. The standard InChI is InChI=1S/C7H11N3O2/c11-6-5(8-7(12)9-6)10-3-1-2-4-10/h5H,1-4H2,(H2,8,9,11,12). The van der Waals surface area contributed by atoms with Gasteiger partial charge in [-0.15, -0.1) is 0 Å². The molecule has 2 aliphatic heterocycles. The van der Waals surface area contributed by atoms with Gasteiger partial charge in [0.05, 0.1) is 0 Å². The van der Waals surface area contributed by atoms with Crippen molar-refractivity contribution in [1.29, 1.82) is 0 Å². The summed E-state index contributed by atoms with van der Waals surface area (Å²) >= 11 is 0. The molecule has 2 fully saturated rings. The van der Waals surface area contributed by atoms with Gasteiger partial charge in [-0.3, -0.25) is 15.0 Å². The van der Waals surface area contributed by atoms with E-state index in [4.69, 9.17) is 0 Å². The van der Waals surface area contributed by atoms with E-state index in [2.05, 4.69) is 10.6 Å². The number of urea groups is 1. The second-order valence-electron chi connectivity index (χ2n) is 3.11. The van der Waals surface area contributed by atoms with Crippen molar-refractivity contribution >= 4 is 11.9 Å². The van der Waals surface area contributed by atoms with Crippen LogP contribution in [0.3, 0.4) is 0 Å². The molecule has 1 atom stereocenters. The summed E-state index contributed by atoms with van der Waals surface area (Å²) in [5.41, 5.74) is 0. The van der Waals surface area contributed by atoms with Gasteiger partial charge in [0.25, 0.3) is 5.91 Å². The summed E-state index contributed by atoms with van der Waals surface area (Å²) < 4.78 is 0. The monoisotopic (exact) mass is 169 g/mol. The van der Waals surface area contributed by atoms with Crippen molar-refractivity contribution in [3.63, 3.8) is 0 Å². The van der Waals surface area contributed by atoms with Crippen LogP contribution >= 0.6 is 0 Å². The van der Waals surface area contributed by atoms with Crippen LogP contribution in [0.2, 0.25) is 0 Å². The lowest BCUT2D eigenvalue weighted by atomic mass is 10.4. The third-order valence-electron chi connectivity index (χ3n) is 2.26. The Kier molecular flexibility index (Phi) is 1.73. The molecule has 0 aliphatic carbocycles. The van der Waals surface area contributed by atoms with Crippen molar-refractivity contribution < 1.29 is 9.59 Å². The Morgan fingerprint density at radius 1 is 1.25 bits per heavy atom. The molecule has 2 heterocycles. The number of imide groups is 1. The quantitative estimate of drug-likeness (QED) is 0.507. The van der Waals surface area contributed by atoms with Crippen LogP contribution in [0.5, 0.6) is 0 Å². The molecule has 0 spiro atoms. The first-order valence-electron chi connectivity index (χ1n) is 4.13. The molecule has 66 valence electrons. The fourth-order valence-corrected chi connectivity index (χ4v) is 1.66. The number of amides is 3. The van der Waals surface area contributed by atoms with Crippen LogP contribution < -0.4 is 10.6 Å². The number of nitrogens with zero attached hydrogens (tertiary/aromatic N) is 1. The zero-order chi connectivity index (χ0) is 8.55. The van der Waals surface area contributed by atoms with Gasteiger partial charge in [-0.05, 0) is 12.8 Å².